The van der Waals surface area contributed by atoms with Gasteiger partial charge in [-0.25, -0.2) is 20.4 Å². The molecule has 3 aromatic rings. The molecule has 0 radical (unpaired) electrons. The van der Waals surface area contributed by atoms with Gasteiger partial charge in [0.05, 0.1) is 19.6 Å². The van der Waals surface area contributed by atoms with Gasteiger partial charge in [0, 0.05) is 10.9 Å². The summed E-state index contributed by atoms with van der Waals surface area (Å²) in [6.07, 6.45) is -0.908. The number of urea groups is 1. The van der Waals surface area contributed by atoms with Crippen LogP contribution in [-0.4, -0.2) is 31.8 Å². The first-order valence-corrected chi connectivity index (χ1v) is 11.3. The van der Waals surface area contributed by atoms with E-state index < -0.39 is 24.1 Å². The number of methoxy groups -OCH3 is 1. The van der Waals surface area contributed by atoms with Gasteiger partial charge in [-0.15, -0.1) is 0 Å². The average Bonchev–Trinajstić information content (AvgIpc) is 3.20. The van der Waals surface area contributed by atoms with Crippen molar-refractivity contribution in [1.29, 1.82) is 0 Å². The molecule has 0 bridgehead atoms. The van der Waals surface area contributed by atoms with Gasteiger partial charge < -0.3 is 14.8 Å². The Labute approximate surface area is 207 Å². The summed E-state index contributed by atoms with van der Waals surface area (Å²) in [5.74, 6) is -0.605. The van der Waals surface area contributed by atoms with Crippen LogP contribution < -0.4 is 16.2 Å². The molecular weight excluding hydrogens is 470 g/mol. The second kappa shape index (κ2) is 10.9. The molecule has 35 heavy (non-hydrogen) atoms. The van der Waals surface area contributed by atoms with E-state index >= 15 is 0 Å². The molecule has 1 unspecified atom stereocenters. The van der Waals surface area contributed by atoms with Gasteiger partial charge in [0.1, 0.15) is 6.61 Å². The van der Waals surface area contributed by atoms with E-state index in [9.17, 15) is 14.4 Å². The third-order valence-corrected chi connectivity index (χ3v) is 6.05. The smallest absolute Gasteiger partial charge is 0.426 e. The lowest BCUT2D eigenvalue weighted by Crippen LogP contribution is -2.48. The molecule has 1 aliphatic rings. The Morgan fingerprint density at radius 3 is 2.09 bits per heavy atom. The van der Waals surface area contributed by atoms with Crippen LogP contribution in [0, 0.1) is 0 Å². The minimum atomic E-state index is -0.807. The molecule has 0 spiro atoms. The summed E-state index contributed by atoms with van der Waals surface area (Å²) in [4.78, 5) is 36.5. The van der Waals surface area contributed by atoms with Gasteiger partial charge in [-0.3, -0.25) is 4.79 Å². The number of benzene rings is 3. The Morgan fingerprint density at radius 1 is 0.886 bits per heavy atom. The highest BCUT2D eigenvalue weighted by Gasteiger charge is 2.29. The maximum Gasteiger partial charge on any atom is 0.426 e. The highest BCUT2D eigenvalue weighted by atomic mass is 35.5. The van der Waals surface area contributed by atoms with Crippen LogP contribution >= 0.6 is 11.6 Å². The molecule has 1 atom stereocenters. The molecule has 0 saturated carbocycles. The molecule has 0 saturated heterocycles. The third-order valence-electron chi connectivity index (χ3n) is 5.80. The molecule has 4 rings (SSSR count). The quantitative estimate of drug-likeness (QED) is 0.341. The molecule has 9 heteroatoms. The summed E-state index contributed by atoms with van der Waals surface area (Å²) in [6, 6.07) is 21.3. The van der Waals surface area contributed by atoms with E-state index in [4.69, 9.17) is 21.1 Å². The van der Waals surface area contributed by atoms with Crippen LogP contribution in [0.15, 0.2) is 72.8 Å². The number of rotatable bonds is 6. The summed E-state index contributed by atoms with van der Waals surface area (Å²) in [5.41, 5.74) is 9.53. The van der Waals surface area contributed by atoms with Crippen LogP contribution in [0.4, 0.5) is 9.59 Å². The molecule has 3 aromatic carbocycles. The van der Waals surface area contributed by atoms with Crippen molar-refractivity contribution >= 4 is 29.7 Å². The number of carbonyl (C=O) groups is 3. The highest BCUT2D eigenvalue weighted by molar-refractivity contribution is 6.30. The van der Waals surface area contributed by atoms with Crippen molar-refractivity contribution in [2.75, 3.05) is 13.7 Å². The Hall–Kier alpha value is -4.04. The number of hydrogen-bond donors (Lipinski definition) is 3. The Balaban J connectivity index is 1.32. The molecule has 0 aliphatic heterocycles. The third kappa shape index (κ3) is 5.73. The van der Waals surface area contributed by atoms with E-state index in [1.54, 1.807) is 24.3 Å². The van der Waals surface area contributed by atoms with Gasteiger partial charge in [-0.2, -0.15) is 0 Å². The van der Waals surface area contributed by atoms with Crippen molar-refractivity contribution in [3.05, 3.63) is 94.5 Å². The first-order chi connectivity index (χ1) is 17.0. The molecule has 0 fully saturated rings. The minimum absolute atomic E-state index is 0.101. The van der Waals surface area contributed by atoms with Crippen molar-refractivity contribution in [3.63, 3.8) is 0 Å². The number of fused-ring (bicyclic) bond motifs is 3. The molecule has 0 heterocycles. The molecule has 0 aromatic heterocycles. The van der Waals surface area contributed by atoms with Gasteiger partial charge in [0.2, 0.25) is 0 Å². The number of halogens is 1. The van der Waals surface area contributed by atoms with Crippen LogP contribution in [0.3, 0.4) is 0 Å². The number of amides is 3. The standard InChI is InChI=1S/C26H24ClN3O5/c1-34-24(31)14-23(16-10-12-17(27)13-11-16)28-25(32)29-30-26(33)35-15-22-20-8-4-2-6-18(20)19-7-3-5-9-21(19)22/h2-13,22-23H,14-15H2,1H3,(H,30,33)(H2,28,29,32). The topological polar surface area (TPSA) is 106 Å². The van der Waals surface area contributed by atoms with Gasteiger partial charge in [-0.05, 0) is 39.9 Å². The van der Waals surface area contributed by atoms with Crippen molar-refractivity contribution in [1.82, 2.24) is 16.2 Å². The van der Waals surface area contributed by atoms with Gasteiger partial charge in [-0.1, -0.05) is 72.3 Å². The zero-order chi connectivity index (χ0) is 24.8. The second-order valence-corrected chi connectivity index (χ2v) is 8.37. The lowest BCUT2D eigenvalue weighted by atomic mass is 9.98. The Kier molecular flexibility index (Phi) is 7.52. The Morgan fingerprint density at radius 2 is 1.49 bits per heavy atom. The van der Waals surface area contributed by atoms with Crippen molar-refractivity contribution in [2.24, 2.45) is 0 Å². The SMILES string of the molecule is COC(=O)CC(NC(=O)NNC(=O)OCC1c2ccccc2-c2ccccc21)c1ccc(Cl)cc1. The van der Waals surface area contributed by atoms with Crippen LogP contribution in [0.25, 0.3) is 11.1 Å². The minimum Gasteiger partial charge on any atom is -0.469 e. The fourth-order valence-corrected chi connectivity index (χ4v) is 4.26. The summed E-state index contributed by atoms with van der Waals surface area (Å²) in [7, 11) is 1.26. The van der Waals surface area contributed by atoms with Gasteiger partial charge in [0.25, 0.3) is 0 Å². The van der Waals surface area contributed by atoms with Crippen molar-refractivity contribution in [3.8, 4) is 11.1 Å². The van der Waals surface area contributed by atoms with Gasteiger partial charge >= 0.3 is 18.1 Å². The summed E-state index contributed by atoms with van der Waals surface area (Å²) in [6.45, 7) is 0.110. The van der Waals surface area contributed by atoms with Gasteiger partial charge in [0.15, 0.2) is 0 Å². The molecule has 3 N–H and O–H groups in total. The summed E-state index contributed by atoms with van der Waals surface area (Å²) >= 11 is 5.92. The first-order valence-electron chi connectivity index (χ1n) is 11.0. The lowest BCUT2D eigenvalue weighted by Gasteiger charge is -2.19. The van der Waals surface area contributed by atoms with E-state index in [0.29, 0.717) is 10.6 Å². The molecule has 1 aliphatic carbocycles. The maximum absolute atomic E-state index is 12.4. The summed E-state index contributed by atoms with van der Waals surface area (Å²) in [5, 5.41) is 3.15. The van der Waals surface area contributed by atoms with E-state index in [1.165, 1.54) is 7.11 Å². The second-order valence-electron chi connectivity index (χ2n) is 7.93. The van der Waals surface area contributed by atoms with Crippen molar-refractivity contribution in [2.45, 2.75) is 18.4 Å². The van der Waals surface area contributed by atoms with Crippen molar-refractivity contribution < 1.29 is 23.9 Å². The van der Waals surface area contributed by atoms with E-state index in [0.717, 1.165) is 22.3 Å². The van der Waals surface area contributed by atoms with Crippen LogP contribution in [-0.2, 0) is 14.3 Å². The predicted molar refractivity (Wildman–Crippen MR) is 131 cm³/mol. The lowest BCUT2D eigenvalue weighted by molar-refractivity contribution is -0.141. The van der Waals surface area contributed by atoms with E-state index in [1.807, 2.05) is 48.5 Å². The zero-order valence-corrected chi connectivity index (χ0v) is 19.7. The van der Waals surface area contributed by atoms with E-state index in [2.05, 4.69) is 16.2 Å². The summed E-state index contributed by atoms with van der Waals surface area (Å²) < 4.78 is 10.1. The monoisotopic (exact) mass is 493 g/mol. The highest BCUT2D eigenvalue weighted by Crippen LogP contribution is 2.44. The van der Waals surface area contributed by atoms with Crippen LogP contribution in [0.2, 0.25) is 5.02 Å². The van der Waals surface area contributed by atoms with Crippen LogP contribution in [0.1, 0.15) is 35.1 Å². The number of esters is 1. The molecule has 8 nitrogen and oxygen atoms in total. The largest absolute Gasteiger partial charge is 0.469 e. The fraction of sp³-hybridized carbons (Fsp3) is 0.192. The number of hydrogen-bond acceptors (Lipinski definition) is 5. The predicted octanol–water partition coefficient (Wildman–Crippen LogP) is 4.70. The number of hydrazine groups is 1. The van der Waals surface area contributed by atoms with E-state index in [-0.39, 0.29) is 18.9 Å². The number of nitrogens with one attached hydrogen (secondary N) is 3. The van der Waals surface area contributed by atoms with Crippen LogP contribution in [0.5, 0.6) is 0 Å². The number of ether oxygens (including phenoxy) is 2. The molecule has 180 valence electrons. The maximum atomic E-state index is 12.4. The number of carbonyl (C=O) groups excluding carboxylic acids is 3. The Bertz CT molecular complexity index is 1190. The normalized spacial score (nSPS) is 12.6. The first kappa shape index (κ1) is 24.1. The average molecular weight is 494 g/mol. The molecule has 3 amide bonds. The zero-order valence-electron chi connectivity index (χ0n) is 18.9. The molecular formula is C26H24ClN3O5. The fourth-order valence-electron chi connectivity index (χ4n) is 4.13.